The summed E-state index contributed by atoms with van der Waals surface area (Å²) in [5, 5.41) is 4.13. The van der Waals surface area contributed by atoms with E-state index in [1.807, 2.05) is 0 Å². The number of primary amides is 1. The maximum atomic E-state index is 10.9. The van der Waals surface area contributed by atoms with Gasteiger partial charge < -0.3 is 11.1 Å². The molecule has 0 bridgehead atoms. The third kappa shape index (κ3) is 2.43. The van der Waals surface area contributed by atoms with Crippen molar-refractivity contribution in [3.05, 3.63) is 16.3 Å². The predicted molar refractivity (Wildman–Crippen MR) is 52.2 cm³/mol. The van der Waals surface area contributed by atoms with Gasteiger partial charge in [-0.15, -0.1) is 22.9 Å². The molecule has 2 amide bonds. The molecule has 0 unspecified atom stereocenters. The average Bonchev–Trinajstić information content (AvgIpc) is 2.52. The maximum Gasteiger partial charge on any atom is 0.260 e. The van der Waals surface area contributed by atoms with Gasteiger partial charge in [0, 0.05) is 0 Å². The van der Waals surface area contributed by atoms with E-state index in [0.717, 1.165) is 0 Å². The lowest BCUT2D eigenvalue weighted by Gasteiger charge is -2.00. The molecule has 0 aliphatic rings. The topological polar surface area (TPSA) is 72.2 Å². The minimum Gasteiger partial charge on any atom is -0.365 e. The zero-order valence-electron chi connectivity index (χ0n) is 6.54. The average molecular weight is 219 g/mol. The molecule has 0 spiro atoms. The molecule has 0 atom stereocenters. The SMILES string of the molecule is NC(=O)c1sccc1NC(=O)CCl. The first kappa shape index (κ1) is 10.0. The molecule has 1 aromatic rings. The van der Waals surface area contributed by atoms with Crippen molar-refractivity contribution >= 4 is 40.4 Å². The van der Waals surface area contributed by atoms with Crippen LogP contribution in [0.15, 0.2) is 11.4 Å². The molecule has 0 aliphatic heterocycles. The van der Waals surface area contributed by atoms with E-state index in [-0.39, 0.29) is 11.8 Å². The van der Waals surface area contributed by atoms with Crippen LogP contribution in [0.3, 0.4) is 0 Å². The Morgan fingerprint density at radius 2 is 2.31 bits per heavy atom. The van der Waals surface area contributed by atoms with Crippen LogP contribution in [0.1, 0.15) is 9.67 Å². The van der Waals surface area contributed by atoms with Gasteiger partial charge in [0.05, 0.1) is 5.69 Å². The standard InChI is InChI=1S/C7H7ClN2O2S/c8-3-5(11)10-4-1-2-13-6(4)7(9)12/h1-2H,3H2,(H2,9,12)(H,10,11). The summed E-state index contributed by atoms with van der Waals surface area (Å²) in [6, 6.07) is 1.61. The Hall–Kier alpha value is -1.07. The fourth-order valence-electron chi connectivity index (χ4n) is 0.782. The summed E-state index contributed by atoms with van der Waals surface area (Å²) in [6.45, 7) is 0. The number of hydrogen-bond acceptors (Lipinski definition) is 3. The third-order valence-electron chi connectivity index (χ3n) is 1.28. The van der Waals surface area contributed by atoms with Crippen molar-refractivity contribution in [2.45, 2.75) is 0 Å². The number of rotatable bonds is 3. The van der Waals surface area contributed by atoms with Gasteiger partial charge >= 0.3 is 0 Å². The van der Waals surface area contributed by atoms with Crippen LogP contribution in [-0.4, -0.2) is 17.7 Å². The van der Waals surface area contributed by atoms with Gasteiger partial charge in [-0.05, 0) is 11.4 Å². The molecule has 6 heteroatoms. The molecule has 3 N–H and O–H groups in total. The number of anilines is 1. The Kier molecular flexibility index (Phi) is 3.27. The summed E-state index contributed by atoms with van der Waals surface area (Å²) in [5.41, 5.74) is 5.48. The van der Waals surface area contributed by atoms with Crippen LogP contribution in [0.4, 0.5) is 5.69 Å². The molecule has 70 valence electrons. The van der Waals surface area contributed by atoms with Crippen molar-refractivity contribution < 1.29 is 9.59 Å². The normalized spacial score (nSPS) is 9.62. The van der Waals surface area contributed by atoms with Gasteiger partial charge in [0.15, 0.2) is 0 Å². The Bertz CT molecular complexity index is 337. The molecular formula is C7H7ClN2O2S. The Morgan fingerprint density at radius 1 is 1.62 bits per heavy atom. The minimum absolute atomic E-state index is 0.145. The van der Waals surface area contributed by atoms with Crippen LogP contribution < -0.4 is 11.1 Å². The smallest absolute Gasteiger partial charge is 0.260 e. The van der Waals surface area contributed by atoms with Crippen LogP contribution in [0.2, 0.25) is 0 Å². The van der Waals surface area contributed by atoms with Crippen molar-refractivity contribution in [2.75, 3.05) is 11.2 Å². The molecule has 1 aromatic heterocycles. The van der Waals surface area contributed by atoms with Gasteiger partial charge in [0.2, 0.25) is 5.91 Å². The van der Waals surface area contributed by atoms with Crippen molar-refractivity contribution in [2.24, 2.45) is 5.73 Å². The van der Waals surface area contributed by atoms with Gasteiger partial charge in [-0.1, -0.05) is 0 Å². The van der Waals surface area contributed by atoms with E-state index in [4.69, 9.17) is 17.3 Å². The van der Waals surface area contributed by atoms with E-state index in [0.29, 0.717) is 10.6 Å². The van der Waals surface area contributed by atoms with Crippen LogP contribution in [0.25, 0.3) is 0 Å². The van der Waals surface area contributed by atoms with Crippen LogP contribution in [0.5, 0.6) is 0 Å². The second-order valence-electron chi connectivity index (χ2n) is 2.21. The van der Waals surface area contributed by atoms with E-state index in [9.17, 15) is 9.59 Å². The summed E-state index contributed by atoms with van der Waals surface area (Å²) in [7, 11) is 0. The van der Waals surface area contributed by atoms with E-state index in [2.05, 4.69) is 5.32 Å². The number of carbonyl (C=O) groups is 2. The summed E-state index contributed by atoms with van der Waals surface area (Å²) in [4.78, 5) is 22.0. The van der Waals surface area contributed by atoms with Gasteiger partial charge in [0.25, 0.3) is 5.91 Å². The monoisotopic (exact) mass is 218 g/mol. The fraction of sp³-hybridized carbons (Fsp3) is 0.143. The zero-order valence-corrected chi connectivity index (χ0v) is 8.11. The Morgan fingerprint density at radius 3 is 2.85 bits per heavy atom. The second kappa shape index (κ2) is 4.25. The van der Waals surface area contributed by atoms with Gasteiger partial charge in [-0.25, -0.2) is 0 Å². The molecule has 0 radical (unpaired) electrons. The highest BCUT2D eigenvalue weighted by Gasteiger charge is 2.11. The van der Waals surface area contributed by atoms with Gasteiger partial charge in [0.1, 0.15) is 10.8 Å². The molecule has 1 heterocycles. The molecule has 0 aromatic carbocycles. The fourth-order valence-corrected chi connectivity index (χ4v) is 1.55. The summed E-state index contributed by atoms with van der Waals surface area (Å²) < 4.78 is 0. The number of nitrogens with two attached hydrogens (primary N) is 1. The predicted octanol–water partition coefficient (Wildman–Crippen LogP) is 1.02. The largest absolute Gasteiger partial charge is 0.365 e. The number of halogens is 1. The van der Waals surface area contributed by atoms with E-state index in [1.165, 1.54) is 11.3 Å². The molecule has 0 fully saturated rings. The molecule has 1 rings (SSSR count). The number of thiophene rings is 1. The highest BCUT2D eigenvalue weighted by Crippen LogP contribution is 2.21. The highest BCUT2D eigenvalue weighted by molar-refractivity contribution is 7.12. The van der Waals surface area contributed by atoms with Gasteiger partial charge in [-0.2, -0.15) is 0 Å². The molecular weight excluding hydrogens is 212 g/mol. The summed E-state index contributed by atoms with van der Waals surface area (Å²) in [6.07, 6.45) is 0. The lowest BCUT2D eigenvalue weighted by Crippen LogP contribution is -2.16. The first-order valence-electron chi connectivity index (χ1n) is 3.38. The number of hydrogen-bond donors (Lipinski definition) is 2. The van der Waals surface area contributed by atoms with Crippen molar-refractivity contribution in [1.29, 1.82) is 0 Å². The Labute approximate surface area is 83.7 Å². The number of amides is 2. The number of carbonyl (C=O) groups excluding carboxylic acids is 2. The third-order valence-corrected chi connectivity index (χ3v) is 2.46. The lowest BCUT2D eigenvalue weighted by molar-refractivity contribution is -0.113. The van der Waals surface area contributed by atoms with Gasteiger partial charge in [-0.3, -0.25) is 9.59 Å². The summed E-state index contributed by atoms with van der Waals surface area (Å²) in [5.74, 6) is -1.06. The zero-order chi connectivity index (χ0) is 9.84. The minimum atomic E-state index is -0.556. The van der Waals surface area contributed by atoms with Crippen LogP contribution in [0, 0.1) is 0 Å². The molecule has 0 saturated heterocycles. The van der Waals surface area contributed by atoms with Crippen molar-refractivity contribution in [1.82, 2.24) is 0 Å². The molecule has 0 saturated carbocycles. The highest BCUT2D eigenvalue weighted by atomic mass is 35.5. The van der Waals surface area contributed by atoms with E-state index < -0.39 is 5.91 Å². The van der Waals surface area contributed by atoms with E-state index >= 15 is 0 Å². The first-order chi connectivity index (χ1) is 6.15. The number of nitrogens with one attached hydrogen (secondary N) is 1. The molecule has 13 heavy (non-hydrogen) atoms. The quantitative estimate of drug-likeness (QED) is 0.744. The maximum absolute atomic E-state index is 10.9. The number of alkyl halides is 1. The molecule has 4 nitrogen and oxygen atoms in total. The molecule has 0 aliphatic carbocycles. The summed E-state index contributed by atoms with van der Waals surface area (Å²) >= 11 is 6.45. The van der Waals surface area contributed by atoms with Crippen molar-refractivity contribution in [3.8, 4) is 0 Å². The second-order valence-corrected chi connectivity index (χ2v) is 3.39. The van der Waals surface area contributed by atoms with E-state index in [1.54, 1.807) is 11.4 Å². The lowest BCUT2D eigenvalue weighted by atomic mass is 10.3. The van der Waals surface area contributed by atoms with Crippen LogP contribution in [-0.2, 0) is 4.79 Å². The van der Waals surface area contributed by atoms with Crippen LogP contribution >= 0.6 is 22.9 Å². The Balaban J connectivity index is 2.82. The van der Waals surface area contributed by atoms with Crippen molar-refractivity contribution in [3.63, 3.8) is 0 Å². The first-order valence-corrected chi connectivity index (χ1v) is 4.79.